The molecule has 0 spiro atoms. The lowest BCUT2D eigenvalue weighted by molar-refractivity contribution is -0.160. The Labute approximate surface area is 251 Å². The summed E-state index contributed by atoms with van der Waals surface area (Å²) >= 11 is 7.77. The van der Waals surface area contributed by atoms with E-state index in [2.05, 4.69) is 26.0 Å². The zero-order chi connectivity index (χ0) is 30.1. The molecule has 3 aromatic carbocycles. The molecule has 0 unspecified atom stereocenters. The highest BCUT2D eigenvalue weighted by Crippen LogP contribution is 2.44. The van der Waals surface area contributed by atoms with Crippen LogP contribution < -0.4 is 5.84 Å². The molecule has 1 aromatic heterocycles. The molecule has 6 nitrogen and oxygen atoms in total. The third-order valence-corrected chi connectivity index (χ3v) is 7.91. The van der Waals surface area contributed by atoms with Gasteiger partial charge in [0.05, 0.1) is 15.8 Å². The fourth-order valence-electron chi connectivity index (χ4n) is 4.86. The average Bonchev–Trinajstić information content (AvgIpc) is 3.30. The summed E-state index contributed by atoms with van der Waals surface area (Å²) in [6, 6.07) is 17.7. The van der Waals surface area contributed by atoms with Gasteiger partial charge in [-0.3, -0.25) is 0 Å². The van der Waals surface area contributed by atoms with Crippen LogP contribution in [0.3, 0.4) is 0 Å². The van der Waals surface area contributed by atoms with Gasteiger partial charge in [-0.1, -0.05) is 55.8 Å². The second-order valence-corrected chi connectivity index (χ2v) is 13.2. The Balaban J connectivity index is 1.90. The van der Waals surface area contributed by atoms with Crippen LogP contribution in [0.15, 0.2) is 60.8 Å². The normalized spacial score (nSPS) is 13.2. The van der Waals surface area contributed by atoms with E-state index in [1.807, 2.05) is 83.3 Å². The SMILES string of the molecule is C/C(=C\N(N)CC(C)C)c1cccc(-c2nc3cc(C)c([C@H](OC(C)(C)C)C(=O)O)c(-c4ccc(Cl)cc4)c3s2)c1. The van der Waals surface area contributed by atoms with Crippen molar-refractivity contribution in [3.05, 3.63) is 82.5 Å². The third-order valence-electron chi connectivity index (χ3n) is 6.52. The van der Waals surface area contributed by atoms with E-state index in [0.29, 0.717) is 16.5 Å². The van der Waals surface area contributed by atoms with E-state index in [1.165, 1.54) is 0 Å². The standard InChI is InChI=1S/C33H38ClN3O3S/c1-19(2)17-37(35)18-21(4)23-9-8-10-24(16-23)31-36-26-15-20(3)27(29(32(38)39)40-33(5,6)7)28(30(26)41-31)22-11-13-25(34)14-12-22/h8-16,18-19,29H,17,35H2,1-7H3,(H,38,39)/b21-18+/t29-/m0/s1. The van der Waals surface area contributed by atoms with E-state index in [0.717, 1.165) is 55.2 Å². The number of allylic oxidation sites excluding steroid dienone is 1. The molecule has 0 saturated heterocycles. The van der Waals surface area contributed by atoms with Crippen LogP contribution >= 0.6 is 22.9 Å². The zero-order valence-electron chi connectivity index (χ0n) is 24.7. The van der Waals surface area contributed by atoms with Crippen LogP contribution in [-0.4, -0.2) is 33.2 Å². The maximum absolute atomic E-state index is 12.6. The second kappa shape index (κ2) is 12.3. The van der Waals surface area contributed by atoms with E-state index in [4.69, 9.17) is 27.2 Å². The highest BCUT2D eigenvalue weighted by Gasteiger charge is 2.32. The number of aliphatic carboxylic acids is 1. The number of benzene rings is 3. The number of nitrogens with two attached hydrogens (primary N) is 1. The van der Waals surface area contributed by atoms with Gasteiger partial charge in [-0.25, -0.2) is 15.6 Å². The molecule has 3 N–H and O–H groups in total. The van der Waals surface area contributed by atoms with E-state index >= 15 is 0 Å². The summed E-state index contributed by atoms with van der Waals surface area (Å²) in [6.07, 6.45) is 0.810. The highest BCUT2D eigenvalue weighted by atomic mass is 35.5. The van der Waals surface area contributed by atoms with Gasteiger partial charge in [0, 0.05) is 34.5 Å². The van der Waals surface area contributed by atoms with Crippen molar-refractivity contribution >= 4 is 44.7 Å². The molecular formula is C33H38ClN3O3S. The largest absolute Gasteiger partial charge is 0.479 e. The first-order valence-corrected chi connectivity index (χ1v) is 14.8. The van der Waals surface area contributed by atoms with Crippen molar-refractivity contribution in [1.82, 2.24) is 9.99 Å². The highest BCUT2D eigenvalue weighted by molar-refractivity contribution is 7.22. The van der Waals surface area contributed by atoms with Crippen molar-refractivity contribution in [3.8, 4) is 21.7 Å². The summed E-state index contributed by atoms with van der Waals surface area (Å²) in [4.78, 5) is 17.6. The number of hydrogen-bond donors (Lipinski definition) is 2. The Morgan fingerprint density at radius 3 is 2.44 bits per heavy atom. The number of rotatable bonds is 9. The third kappa shape index (κ3) is 7.35. The van der Waals surface area contributed by atoms with Gasteiger partial charge in [0.15, 0.2) is 6.10 Å². The summed E-state index contributed by atoms with van der Waals surface area (Å²) in [5, 5.41) is 13.5. The van der Waals surface area contributed by atoms with Crippen molar-refractivity contribution in [2.75, 3.05) is 6.54 Å². The summed E-state index contributed by atoms with van der Waals surface area (Å²) in [6.45, 7) is 14.6. The minimum absolute atomic E-state index is 0.454. The maximum Gasteiger partial charge on any atom is 0.337 e. The maximum atomic E-state index is 12.6. The fraction of sp³-hybridized carbons (Fsp3) is 0.333. The number of carboxylic acids is 1. The number of halogens is 1. The number of fused-ring (bicyclic) bond motifs is 1. The molecule has 4 rings (SSSR count). The van der Waals surface area contributed by atoms with Crippen LogP contribution in [0, 0.1) is 12.8 Å². The lowest BCUT2D eigenvalue weighted by Crippen LogP contribution is -2.29. The number of thiazole rings is 1. The van der Waals surface area contributed by atoms with Gasteiger partial charge in [-0.2, -0.15) is 0 Å². The fourth-order valence-corrected chi connectivity index (χ4v) is 6.10. The van der Waals surface area contributed by atoms with Gasteiger partial charge >= 0.3 is 5.97 Å². The molecule has 0 fully saturated rings. The summed E-state index contributed by atoms with van der Waals surface area (Å²) in [5.74, 6) is 5.61. The molecule has 0 aliphatic heterocycles. The minimum atomic E-state index is -1.16. The Bertz CT molecular complexity index is 1590. The molecule has 216 valence electrons. The Kier molecular flexibility index (Phi) is 9.24. The van der Waals surface area contributed by atoms with Crippen LogP contribution in [0.25, 0.3) is 37.5 Å². The van der Waals surface area contributed by atoms with Gasteiger partial charge in [-0.15, -0.1) is 11.3 Å². The van der Waals surface area contributed by atoms with Crippen LogP contribution in [0.2, 0.25) is 5.02 Å². The number of aromatic nitrogens is 1. The summed E-state index contributed by atoms with van der Waals surface area (Å²) < 4.78 is 7.03. The summed E-state index contributed by atoms with van der Waals surface area (Å²) in [7, 11) is 0. The Morgan fingerprint density at radius 1 is 1.15 bits per heavy atom. The molecule has 1 heterocycles. The van der Waals surface area contributed by atoms with Crippen molar-refractivity contribution < 1.29 is 14.6 Å². The van der Waals surface area contributed by atoms with Crippen molar-refractivity contribution in [2.24, 2.45) is 11.8 Å². The van der Waals surface area contributed by atoms with Crippen molar-refractivity contribution in [3.63, 3.8) is 0 Å². The average molecular weight is 592 g/mol. The molecule has 0 saturated carbocycles. The van der Waals surface area contributed by atoms with Gasteiger partial charge in [-0.05, 0) is 87.1 Å². The molecule has 4 aromatic rings. The van der Waals surface area contributed by atoms with Crippen molar-refractivity contribution in [1.29, 1.82) is 0 Å². The first-order valence-electron chi connectivity index (χ1n) is 13.6. The second-order valence-electron chi connectivity index (χ2n) is 11.8. The molecule has 1 atom stereocenters. The van der Waals surface area contributed by atoms with Gasteiger partial charge in [0.2, 0.25) is 0 Å². The number of carbonyl (C=O) groups is 1. The molecular weight excluding hydrogens is 554 g/mol. The lowest BCUT2D eigenvalue weighted by Gasteiger charge is -2.28. The van der Waals surface area contributed by atoms with Gasteiger partial charge in [0.25, 0.3) is 0 Å². The summed E-state index contributed by atoms with van der Waals surface area (Å²) in [5.41, 5.74) is 6.31. The van der Waals surface area contributed by atoms with Crippen LogP contribution in [-0.2, 0) is 9.53 Å². The number of carboxylic acid groups (broad SMARTS) is 1. The predicted octanol–water partition coefficient (Wildman–Crippen LogP) is 8.73. The van der Waals surface area contributed by atoms with E-state index in [1.54, 1.807) is 16.3 Å². The number of nitrogens with zero attached hydrogens (tertiary/aromatic N) is 2. The Hall–Kier alpha value is -3.23. The molecule has 0 bridgehead atoms. The number of aryl methyl sites for hydroxylation is 1. The molecule has 41 heavy (non-hydrogen) atoms. The van der Waals surface area contributed by atoms with Crippen LogP contribution in [0.4, 0.5) is 0 Å². The molecule has 0 amide bonds. The molecule has 0 radical (unpaired) electrons. The van der Waals surface area contributed by atoms with Gasteiger partial charge in [0.1, 0.15) is 5.01 Å². The van der Waals surface area contributed by atoms with Gasteiger partial charge < -0.3 is 14.9 Å². The molecule has 0 aliphatic carbocycles. The lowest BCUT2D eigenvalue weighted by atomic mass is 9.91. The Morgan fingerprint density at radius 2 is 1.83 bits per heavy atom. The van der Waals surface area contributed by atoms with E-state index in [9.17, 15) is 9.90 Å². The first kappa shape index (κ1) is 30.7. The van der Waals surface area contributed by atoms with Crippen LogP contribution in [0.1, 0.15) is 64.3 Å². The number of hydrogen-bond acceptors (Lipinski definition) is 6. The topological polar surface area (TPSA) is 88.7 Å². The first-order chi connectivity index (χ1) is 19.2. The number of hydrazine groups is 1. The molecule has 0 aliphatic rings. The van der Waals surface area contributed by atoms with Crippen LogP contribution in [0.5, 0.6) is 0 Å². The minimum Gasteiger partial charge on any atom is -0.479 e. The monoisotopic (exact) mass is 591 g/mol. The van der Waals surface area contributed by atoms with E-state index < -0.39 is 17.7 Å². The molecule has 8 heteroatoms. The predicted molar refractivity (Wildman–Crippen MR) is 171 cm³/mol. The smallest absolute Gasteiger partial charge is 0.337 e. The van der Waals surface area contributed by atoms with E-state index in [-0.39, 0.29) is 0 Å². The van der Waals surface area contributed by atoms with Crippen molar-refractivity contribution in [2.45, 2.75) is 60.2 Å². The number of ether oxygens (including phenoxy) is 1. The zero-order valence-corrected chi connectivity index (χ0v) is 26.2. The quantitative estimate of drug-likeness (QED) is 0.149.